The zero-order chi connectivity index (χ0) is 30.1. The summed E-state index contributed by atoms with van der Waals surface area (Å²) in [6.45, 7) is 8.98. The number of carbonyl (C=O) groups excluding carboxylic acids is 1. The van der Waals surface area contributed by atoms with Gasteiger partial charge in [0.15, 0.2) is 0 Å². The first-order valence-corrected chi connectivity index (χ1v) is 18.5. The molecule has 0 aromatic heterocycles. The summed E-state index contributed by atoms with van der Waals surface area (Å²) >= 11 is 0. The van der Waals surface area contributed by atoms with E-state index in [2.05, 4.69) is 63.7 Å². The maximum absolute atomic E-state index is 12.4. The molecule has 0 fully saturated rings. The van der Waals surface area contributed by atoms with Crippen LogP contribution < -0.4 is 5.32 Å². The van der Waals surface area contributed by atoms with Crippen molar-refractivity contribution in [3.8, 4) is 0 Å². The molecule has 1 N–H and O–H groups in total. The molecule has 241 valence electrons. The van der Waals surface area contributed by atoms with Crippen LogP contribution in [0.4, 0.5) is 0 Å². The van der Waals surface area contributed by atoms with Crippen LogP contribution in [0.15, 0.2) is 24.3 Å². The molecule has 0 aliphatic heterocycles. The molecular weight excluding hydrogens is 498 g/mol. The summed E-state index contributed by atoms with van der Waals surface area (Å²) in [6, 6.07) is 0.238. The normalized spacial score (nSPS) is 13.4. The number of nitrogens with one attached hydrogen (secondary N) is 1. The molecule has 0 aliphatic rings. The van der Waals surface area contributed by atoms with Crippen LogP contribution in [0.25, 0.3) is 0 Å². The Labute approximate surface area is 259 Å². The van der Waals surface area contributed by atoms with Gasteiger partial charge in [0.1, 0.15) is 0 Å². The fraction of sp³-hybridized carbons (Fsp3) is 0.846. The number of allylic oxidation sites excluding steroid dienone is 4. The highest BCUT2D eigenvalue weighted by Gasteiger charge is 2.14. The van der Waals surface area contributed by atoms with E-state index in [0.717, 1.165) is 6.42 Å². The van der Waals surface area contributed by atoms with E-state index in [1.54, 1.807) is 0 Å². The van der Waals surface area contributed by atoms with Gasteiger partial charge in [0.2, 0.25) is 5.91 Å². The minimum atomic E-state index is 0.236. The lowest BCUT2D eigenvalue weighted by Crippen LogP contribution is -2.37. The molecule has 0 rings (SSSR count). The van der Waals surface area contributed by atoms with Crippen molar-refractivity contribution in [2.75, 3.05) is 0 Å². The summed E-state index contributed by atoms with van der Waals surface area (Å²) in [7, 11) is 0. The number of hydrogen-bond acceptors (Lipinski definition) is 1. The van der Waals surface area contributed by atoms with E-state index >= 15 is 0 Å². The molecule has 0 aliphatic carbocycles. The number of unbranched alkanes of at least 4 members (excludes halogenated alkanes) is 22. The number of amides is 1. The lowest BCUT2D eigenvalue weighted by Gasteiger charge is -2.21. The van der Waals surface area contributed by atoms with Gasteiger partial charge < -0.3 is 5.32 Å². The Bertz CT molecular complexity index is 580. The van der Waals surface area contributed by atoms with E-state index in [1.165, 1.54) is 161 Å². The first kappa shape index (κ1) is 40.0. The lowest BCUT2D eigenvalue weighted by molar-refractivity contribution is -0.122. The molecule has 0 saturated heterocycles. The van der Waals surface area contributed by atoms with Gasteiger partial charge in [-0.25, -0.2) is 0 Å². The van der Waals surface area contributed by atoms with Crippen LogP contribution in [0, 0.1) is 12.3 Å². The van der Waals surface area contributed by atoms with Crippen LogP contribution in [0.2, 0.25) is 0 Å². The first-order chi connectivity index (χ1) is 20.1. The van der Waals surface area contributed by atoms with Gasteiger partial charge in [0.05, 0.1) is 0 Å². The standard InChI is InChI=1S/C39H74NO/c1-5-7-9-11-13-15-17-19-21-23-25-27-29-31-33-35-37(3)38(4)40-39(41)36-34-32-30-28-26-24-22-20-18-16-14-12-10-8-6-2/h19-22,35,37-38H,5-18,23-34,36H2,1-4H3,(H,40,41)/b21-19-,22-20-. The molecule has 0 heterocycles. The average molecular weight is 573 g/mol. The topological polar surface area (TPSA) is 29.1 Å². The SMILES string of the molecule is CCCCCCCC/C=C\CCCCCC[CH]C(C)C(C)NC(=O)CCCCCCC/C=C\CCCCCCCC. The maximum atomic E-state index is 12.4. The average Bonchev–Trinajstić information content (AvgIpc) is 2.96. The van der Waals surface area contributed by atoms with Crippen LogP contribution in [0.1, 0.15) is 201 Å². The summed E-state index contributed by atoms with van der Waals surface area (Å²) < 4.78 is 0. The third-order valence-electron chi connectivity index (χ3n) is 8.60. The maximum Gasteiger partial charge on any atom is 0.220 e. The Morgan fingerprint density at radius 2 is 0.829 bits per heavy atom. The van der Waals surface area contributed by atoms with Crippen LogP contribution in [-0.4, -0.2) is 11.9 Å². The highest BCUT2D eigenvalue weighted by molar-refractivity contribution is 5.76. The van der Waals surface area contributed by atoms with Crippen molar-refractivity contribution in [2.45, 2.75) is 207 Å². The molecule has 1 radical (unpaired) electrons. The minimum Gasteiger partial charge on any atom is -0.353 e. The Hall–Kier alpha value is -1.05. The molecule has 1 amide bonds. The fourth-order valence-electron chi connectivity index (χ4n) is 5.44. The van der Waals surface area contributed by atoms with Crippen molar-refractivity contribution in [1.29, 1.82) is 0 Å². The summed E-state index contributed by atoms with van der Waals surface area (Å²) in [4.78, 5) is 12.4. The third kappa shape index (κ3) is 31.7. The van der Waals surface area contributed by atoms with Crippen LogP contribution in [0.3, 0.4) is 0 Å². The number of rotatable bonds is 32. The van der Waals surface area contributed by atoms with Gasteiger partial charge in [-0.2, -0.15) is 0 Å². The lowest BCUT2D eigenvalue weighted by atomic mass is 9.95. The largest absolute Gasteiger partial charge is 0.353 e. The van der Waals surface area contributed by atoms with Crippen molar-refractivity contribution in [2.24, 2.45) is 5.92 Å². The summed E-state index contributed by atoms with van der Waals surface area (Å²) in [6.07, 6.45) is 46.8. The van der Waals surface area contributed by atoms with E-state index in [9.17, 15) is 4.79 Å². The second-order valence-electron chi connectivity index (χ2n) is 12.8. The van der Waals surface area contributed by atoms with Crippen molar-refractivity contribution in [1.82, 2.24) is 5.32 Å². The Morgan fingerprint density at radius 3 is 1.24 bits per heavy atom. The molecule has 0 aromatic rings. The van der Waals surface area contributed by atoms with Gasteiger partial charge in [0.25, 0.3) is 0 Å². The molecule has 2 nitrogen and oxygen atoms in total. The van der Waals surface area contributed by atoms with Crippen LogP contribution >= 0.6 is 0 Å². The molecule has 41 heavy (non-hydrogen) atoms. The van der Waals surface area contributed by atoms with E-state index in [0.29, 0.717) is 12.3 Å². The van der Waals surface area contributed by atoms with E-state index < -0.39 is 0 Å². The molecule has 0 saturated carbocycles. The van der Waals surface area contributed by atoms with Crippen LogP contribution in [-0.2, 0) is 4.79 Å². The van der Waals surface area contributed by atoms with Gasteiger partial charge in [-0.15, -0.1) is 0 Å². The number of carbonyl (C=O) groups is 1. The molecule has 2 atom stereocenters. The Morgan fingerprint density at radius 1 is 0.488 bits per heavy atom. The smallest absolute Gasteiger partial charge is 0.220 e. The Balaban J connectivity index is 3.48. The third-order valence-corrected chi connectivity index (χ3v) is 8.60. The zero-order valence-electron chi connectivity index (χ0n) is 28.5. The van der Waals surface area contributed by atoms with Crippen LogP contribution in [0.5, 0.6) is 0 Å². The predicted octanol–water partition coefficient (Wildman–Crippen LogP) is 13.0. The van der Waals surface area contributed by atoms with Gasteiger partial charge in [0, 0.05) is 12.5 Å². The van der Waals surface area contributed by atoms with Gasteiger partial charge in [-0.05, 0) is 83.5 Å². The quantitative estimate of drug-likeness (QED) is 0.0630. The molecule has 0 spiro atoms. The monoisotopic (exact) mass is 573 g/mol. The molecular formula is C39H74NO. The molecule has 2 heteroatoms. The summed E-state index contributed by atoms with van der Waals surface area (Å²) in [5.74, 6) is 0.679. The van der Waals surface area contributed by atoms with Crippen molar-refractivity contribution < 1.29 is 4.79 Å². The van der Waals surface area contributed by atoms with E-state index in [-0.39, 0.29) is 11.9 Å². The van der Waals surface area contributed by atoms with E-state index in [4.69, 9.17) is 0 Å². The first-order valence-electron chi connectivity index (χ1n) is 18.5. The predicted molar refractivity (Wildman–Crippen MR) is 185 cm³/mol. The molecule has 0 bridgehead atoms. The molecule has 2 unspecified atom stereocenters. The van der Waals surface area contributed by atoms with Crippen molar-refractivity contribution >= 4 is 5.91 Å². The van der Waals surface area contributed by atoms with Crippen molar-refractivity contribution in [3.05, 3.63) is 30.7 Å². The Kier molecular flexibility index (Phi) is 32.6. The highest BCUT2D eigenvalue weighted by Crippen LogP contribution is 2.15. The summed E-state index contributed by atoms with van der Waals surface area (Å²) in [5.41, 5.74) is 0. The van der Waals surface area contributed by atoms with Crippen molar-refractivity contribution in [3.63, 3.8) is 0 Å². The second-order valence-corrected chi connectivity index (χ2v) is 12.8. The number of hydrogen-bond donors (Lipinski definition) is 1. The second kappa shape index (κ2) is 33.5. The fourth-order valence-corrected chi connectivity index (χ4v) is 5.44. The zero-order valence-corrected chi connectivity index (χ0v) is 28.5. The van der Waals surface area contributed by atoms with E-state index in [1.807, 2.05) is 0 Å². The molecule has 0 aromatic carbocycles. The van der Waals surface area contributed by atoms with Gasteiger partial charge >= 0.3 is 0 Å². The van der Waals surface area contributed by atoms with Gasteiger partial charge in [-0.1, -0.05) is 148 Å². The summed E-state index contributed by atoms with van der Waals surface area (Å²) in [5, 5.41) is 3.24. The minimum absolute atomic E-state index is 0.236. The highest BCUT2D eigenvalue weighted by atomic mass is 16.1. The van der Waals surface area contributed by atoms with Gasteiger partial charge in [-0.3, -0.25) is 4.79 Å².